The number of aldehydes is 1. The van der Waals surface area contributed by atoms with Crippen LogP contribution in [0.2, 0.25) is 0 Å². The smallest absolute Gasteiger partial charge is 0.335 e. The van der Waals surface area contributed by atoms with E-state index in [0.29, 0.717) is 0 Å². The van der Waals surface area contributed by atoms with Gasteiger partial charge in [-0.15, -0.1) is 0 Å². The number of hydrogen-bond donors (Lipinski definition) is 5. The molecule has 7 nitrogen and oxygen atoms in total. The van der Waals surface area contributed by atoms with Gasteiger partial charge in [-0.3, -0.25) is 0 Å². The van der Waals surface area contributed by atoms with E-state index < -0.39 is 30.4 Å². The fourth-order valence-corrected chi connectivity index (χ4v) is 0.609. The largest absolute Gasteiger partial charge is 0.479 e. The van der Waals surface area contributed by atoms with Gasteiger partial charge in [-0.2, -0.15) is 0 Å². The summed E-state index contributed by atoms with van der Waals surface area (Å²) in [6.45, 7) is 0. The number of aliphatic hydroxyl groups is 4. The van der Waals surface area contributed by atoms with Gasteiger partial charge in [0, 0.05) is 0 Å². The lowest BCUT2D eigenvalue weighted by Crippen LogP contribution is -2.48. The molecule has 0 bridgehead atoms. The molecule has 0 fully saturated rings. The highest BCUT2D eigenvalue weighted by Crippen LogP contribution is 2.03. The van der Waals surface area contributed by atoms with Gasteiger partial charge < -0.3 is 30.3 Å². The molecule has 0 unspecified atom stereocenters. The zero-order valence-corrected chi connectivity index (χ0v) is 6.40. The summed E-state index contributed by atoms with van der Waals surface area (Å²) in [5.41, 5.74) is 0. The molecule has 0 rings (SSSR count). The van der Waals surface area contributed by atoms with Gasteiger partial charge >= 0.3 is 5.97 Å². The Kier molecular flexibility index (Phi) is 3.77. The maximum atomic E-state index is 10.5. The molecule has 13 heavy (non-hydrogen) atoms. The Labute approximate surface area is 74.3 Å². The van der Waals surface area contributed by atoms with Gasteiger partial charge in [0.25, 0.3) is 1.43 Å². The van der Waals surface area contributed by atoms with Crippen LogP contribution in [0.5, 0.6) is 0 Å². The van der Waals surface area contributed by atoms with Gasteiger partial charge in [0.2, 0.25) is 0 Å². The molecule has 0 heterocycles. The van der Waals surface area contributed by atoms with Crippen LogP contribution in [0.3, 0.4) is 0 Å². The Morgan fingerprint density at radius 2 is 1.77 bits per heavy atom. The number of carbonyl (C=O) groups excluding carboxylic acids is 1. The Balaban J connectivity index is 4.37. The van der Waals surface area contributed by atoms with E-state index in [1.807, 2.05) is 0 Å². The van der Waals surface area contributed by atoms with E-state index in [1.54, 1.807) is 0 Å². The molecule has 5 N–H and O–H groups in total. The highest BCUT2D eigenvalue weighted by atomic mass is 16.4. The third kappa shape index (κ3) is 3.07. The Hall–Kier alpha value is -1.02. The van der Waals surface area contributed by atoms with Crippen molar-refractivity contribution in [2.75, 3.05) is 0 Å². The van der Waals surface area contributed by atoms with E-state index in [-0.39, 0.29) is 6.29 Å². The van der Waals surface area contributed by atoms with Crippen molar-refractivity contribution in [3.05, 3.63) is 0 Å². The van der Waals surface area contributed by atoms with Crippen molar-refractivity contribution < 1.29 is 35.1 Å². The summed E-state index contributed by atoms with van der Waals surface area (Å²) in [5.74, 6) is -1.50. The second-order valence-corrected chi connectivity index (χ2v) is 2.37. The van der Waals surface area contributed by atoms with E-state index in [9.17, 15) is 9.59 Å². The molecule has 76 valence electrons. The normalized spacial score (nSPS) is 20.8. The first-order valence-corrected chi connectivity index (χ1v) is 3.30. The lowest BCUT2D eigenvalue weighted by Gasteiger charge is -2.21. The lowest BCUT2D eigenvalue weighted by atomic mass is 10.0. The van der Waals surface area contributed by atoms with Crippen molar-refractivity contribution >= 4 is 12.3 Å². The van der Waals surface area contributed by atoms with Gasteiger partial charge in [0.1, 0.15) is 18.3 Å². The predicted molar refractivity (Wildman–Crippen MR) is 37.7 cm³/mol. The van der Waals surface area contributed by atoms with Crippen LogP contribution in [0.25, 0.3) is 1.43 Å². The summed E-state index contributed by atoms with van der Waals surface area (Å²) >= 11 is 0. The minimum Gasteiger partial charge on any atom is -0.479 e. The maximum absolute atomic E-state index is 10.5. The predicted octanol–water partition coefficient (Wildman–Crippen LogP) is -3.29. The first kappa shape index (κ1) is 10.1. The number of aliphatic hydroxyl groups excluding tert-OH is 4. The topological polar surface area (TPSA) is 135 Å². The molecular formula is C6H10O7. The molecule has 4 atom stereocenters. The first-order valence-electron chi connectivity index (χ1n) is 3.71. The fourth-order valence-electron chi connectivity index (χ4n) is 0.609. The number of carboxylic acid groups (broad SMARTS) is 1. The lowest BCUT2D eigenvalue weighted by molar-refractivity contribution is -0.163. The number of carboxylic acids is 1. The number of carbonyl (C=O) groups is 2. The standard InChI is InChI=1S/C6H10O7/c7-1-2(8)3(9)4(10)5(11)6(12)13/h1-5,8-11H,(H,12,13)/t2-,3+,4-,5-/m0/s1/i/hD. The summed E-state index contributed by atoms with van der Waals surface area (Å²) in [4.78, 5) is 20.4. The summed E-state index contributed by atoms with van der Waals surface area (Å²) in [5, 5.41) is 38.8. The van der Waals surface area contributed by atoms with E-state index in [1.165, 1.54) is 0 Å². The van der Waals surface area contributed by atoms with Crippen molar-refractivity contribution in [1.29, 1.82) is 1.43 Å². The van der Waals surface area contributed by atoms with Crippen LogP contribution in [-0.4, -0.2) is 62.2 Å². The molecular weight excluding hydrogens is 184 g/mol. The number of aliphatic carboxylic acids is 1. The van der Waals surface area contributed by atoms with Crippen LogP contribution in [0.4, 0.5) is 0 Å². The first-order chi connectivity index (χ1) is 6.45. The highest BCUT2D eigenvalue weighted by Gasteiger charge is 2.33. The van der Waals surface area contributed by atoms with Gasteiger partial charge in [-0.05, 0) is 0 Å². The maximum Gasteiger partial charge on any atom is 0.335 e. The number of rotatable bonds is 5. The molecule has 0 amide bonds. The minimum atomic E-state index is -2.20. The molecule has 0 aromatic carbocycles. The Morgan fingerprint density at radius 3 is 2.15 bits per heavy atom. The third-order valence-electron chi connectivity index (χ3n) is 1.40. The molecule has 0 saturated heterocycles. The fraction of sp³-hybridized carbons (Fsp3) is 0.667. The SMILES string of the molecule is [2H]OC(=O)[C@@H](O)[C@@H](O)[C@H](O)[C@@H](O)C=O. The van der Waals surface area contributed by atoms with Gasteiger partial charge in [-0.1, -0.05) is 0 Å². The molecule has 0 spiro atoms. The Bertz CT molecular complexity index is 208. The van der Waals surface area contributed by atoms with E-state index in [2.05, 4.69) is 5.11 Å². The molecule has 0 aliphatic rings. The second kappa shape index (κ2) is 4.87. The van der Waals surface area contributed by atoms with Crippen LogP contribution < -0.4 is 0 Å². The molecule has 0 saturated carbocycles. The summed E-state index contributed by atoms with van der Waals surface area (Å²) in [6, 6.07) is 0. The third-order valence-corrected chi connectivity index (χ3v) is 1.40. The zero-order valence-electron chi connectivity index (χ0n) is 7.40. The van der Waals surface area contributed by atoms with Crippen molar-refractivity contribution in [3.8, 4) is 0 Å². The Morgan fingerprint density at radius 1 is 1.23 bits per heavy atom. The van der Waals surface area contributed by atoms with Gasteiger partial charge in [-0.25, -0.2) is 4.79 Å². The quantitative estimate of drug-likeness (QED) is 0.290. The van der Waals surface area contributed by atoms with Gasteiger partial charge in [0.05, 0.1) is 0 Å². The zero-order chi connectivity index (χ0) is 11.3. The monoisotopic (exact) mass is 195 g/mol. The van der Waals surface area contributed by atoms with Crippen molar-refractivity contribution in [1.82, 2.24) is 0 Å². The average Bonchev–Trinajstić information content (AvgIpc) is 2.23. The van der Waals surface area contributed by atoms with Crippen LogP contribution in [0.1, 0.15) is 0 Å². The molecule has 0 aromatic rings. The number of hydrogen-bond acceptors (Lipinski definition) is 7. The van der Waals surface area contributed by atoms with Crippen LogP contribution in [0, 0.1) is 0 Å². The molecule has 0 aliphatic carbocycles. The molecule has 0 aliphatic heterocycles. The van der Waals surface area contributed by atoms with Crippen LogP contribution in [-0.2, 0) is 9.59 Å². The van der Waals surface area contributed by atoms with E-state index in [4.69, 9.17) is 21.9 Å². The second-order valence-electron chi connectivity index (χ2n) is 2.37. The van der Waals surface area contributed by atoms with Crippen LogP contribution >= 0.6 is 0 Å². The summed E-state index contributed by atoms with van der Waals surface area (Å²) in [7, 11) is 0. The van der Waals surface area contributed by atoms with Crippen LogP contribution in [0.15, 0.2) is 0 Å². The van der Waals surface area contributed by atoms with Crippen molar-refractivity contribution in [2.45, 2.75) is 24.4 Å². The van der Waals surface area contributed by atoms with Gasteiger partial charge in [0.15, 0.2) is 12.4 Å². The van der Waals surface area contributed by atoms with Crippen molar-refractivity contribution in [3.63, 3.8) is 0 Å². The average molecular weight is 195 g/mol. The minimum absolute atomic E-state index is 0.0768. The molecule has 0 aromatic heterocycles. The summed E-state index contributed by atoms with van der Waals surface area (Å²) in [6.07, 6.45) is -8.34. The molecule has 0 radical (unpaired) electrons. The summed E-state index contributed by atoms with van der Waals surface area (Å²) < 4.78 is 6.09. The van der Waals surface area contributed by atoms with Crippen molar-refractivity contribution in [2.24, 2.45) is 0 Å². The van der Waals surface area contributed by atoms with E-state index in [0.717, 1.165) is 0 Å². The molecule has 7 heteroatoms. The highest BCUT2D eigenvalue weighted by molar-refractivity contribution is 5.73. The van der Waals surface area contributed by atoms with E-state index >= 15 is 0 Å².